The van der Waals surface area contributed by atoms with E-state index in [4.69, 9.17) is 10.5 Å². The number of hydrogen-bond donors (Lipinski definition) is 1. The van der Waals surface area contributed by atoms with Crippen LogP contribution in [0.1, 0.15) is 30.5 Å². The van der Waals surface area contributed by atoms with E-state index < -0.39 is 0 Å². The molecule has 2 rings (SSSR count). The monoisotopic (exact) mass is 250 g/mol. The summed E-state index contributed by atoms with van der Waals surface area (Å²) in [6.07, 6.45) is 3.74. The van der Waals surface area contributed by atoms with Crippen LogP contribution in [0.25, 0.3) is 0 Å². The van der Waals surface area contributed by atoms with E-state index in [0.717, 1.165) is 24.3 Å². The number of pyridine rings is 1. The van der Waals surface area contributed by atoms with Crippen LogP contribution in [0.3, 0.4) is 0 Å². The molecule has 0 aromatic carbocycles. The molecule has 0 fully saturated rings. The Morgan fingerprint density at radius 1 is 1.53 bits per heavy atom. The zero-order chi connectivity index (χ0) is 9.26. The Balaban J connectivity index is 0.000000980. The van der Waals surface area contributed by atoms with Crippen LogP contribution in [-0.4, -0.2) is 11.6 Å². The molecule has 2 N–H and O–H groups in total. The number of fused-ring (bicyclic) bond motifs is 1. The fourth-order valence-electron chi connectivity index (χ4n) is 1.53. The van der Waals surface area contributed by atoms with E-state index in [-0.39, 0.29) is 30.9 Å². The fraction of sp³-hybridized carbons (Fsp3) is 0.500. The minimum Gasteiger partial charge on any atom is -0.477 e. The van der Waals surface area contributed by atoms with Crippen molar-refractivity contribution < 1.29 is 4.74 Å². The van der Waals surface area contributed by atoms with Gasteiger partial charge in [0.25, 0.3) is 0 Å². The van der Waals surface area contributed by atoms with Crippen LogP contribution in [0.2, 0.25) is 0 Å². The minimum absolute atomic E-state index is 0. The molecule has 3 nitrogen and oxygen atoms in total. The molecule has 0 radical (unpaired) electrons. The summed E-state index contributed by atoms with van der Waals surface area (Å²) in [5.74, 6) is 0.718. The molecule has 15 heavy (non-hydrogen) atoms. The van der Waals surface area contributed by atoms with Gasteiger partial charge in [0.05, 0.1) is 6.61 Å². The Kier molecular flexibility index (Phi) is 5.95. The Labute approximate surface area is 102 Å². The van der Waals surface area contributed by atoms with Crippen molar-refractivity contribution >= 4 is 24.8 Å². The van der Waals surface area contributed by atoms with Gasteiger partial charge in [0, 0.05) is 24.2 Å². The van der Waals surface area contributed by atoms with Crippen molar-refractivity contribution in [1.29, 1.82) is 0 Å². The first-order valence-corrected chi connectivity index (χ1v) is 4.68. The summed E-state index contributed by atoms with van der Waals surface area (Å²) in [4.78, 5) is 4.24. The SMILES string of the molecule is CCc1cnc2c(c1)[C@@H](N)CCO2.Cl.Cl. The van der Waals surface area contributed by atoms with Crippen LogP contribution in [0, 0.1) is 0 Å². The number of halogens is 2. The van der Waals surface area contributed by atoms with Crippen LogP contribution in [0.4, 0.5) is 0 Å². The first kappa shape index (κ1) is 14.5. The highest BCUT2D eigenvalue weighted by molar-refractivity contribution is 5.85. The first-order valence-electron chi connectivity index (χ1n) is 4.68. The Bertz CT molecular complexity index is 320. The summed E-state index contributed by atoms with van der Waals surface area (Å²) in [6, 6.07) is 2.20. The molecular formula is C10H16Cl2N2O. The third-order valence-corrected chi connectivity index (χ3v) is 2.41. The van der Waals surface area contributed by atoms with Gasteiger partial charge in [-0.1, -0.05) is 6.92 Å². The molecule has 86 valence electrons. The van der Waals surface area contributed by atoms with Gasteiger partial charge in [-0.2, -0.15) is 0 Å². The highest BCUT2D eigenvalue weighted by atomic mass is 35.5. The zero-order valence-corrected chi connectivity index (χ0v) is 10.2. The third-order valence-electron chi connectivity index (χ3n) is 2.41. The average molecular weight is 251 g/mol. The largest absolute Gasteiger partial charge is 0.477 e. The molecule has 1 aliphatic rings. The van der Waals surface area contributed by atoms with Gasteiger partial charge in [-0.25, -0.2) is 4.98 Å². The molecule has 2 heterocycles. The quantitative estimate of drug-likeness (QED) is 0.832. The van der Waals surface area contributed by atoms with Gasteiger partial charge in [-0.3, -0.25) is 0 Å². The Hall–Kier alpha value is -0.510. The molecule has 0 amide bonds. The molecule has 0 aliphatic carbocycles. The number of nitrogens with zero attached hydrogens (tertiary/aromatic N) is 1. The third kappa shape index (κ3) is 2.97. The van der Waals surface area contributed by atoms with Crippen molar-refractivity contribution in [2.75, 3.05) is 6.61 Å². The predicted octanol–water partition coefficient (Wildman–Crippen LogP) is 2.27. The lowest BCUT2D eigenvalue weighted by molar-refractivity contribution is 0.257. The van der Waals surface area contributed by atoms with Gasteiger partial charge >= 0.3 is 0 Å². The highest BCUT2D eigenvalue weighted by Crippen LogP contribution is 2.28. The summed E-state index contributed by atoms with van der Waals surface area (Å²) < 4.78 is 5.40. The molecule has 1 aromatic rings. The summed E-state index contributed by atoms with van der Waals surface area (Å²) in [6.45, 7) is 2.80. The topological polar surface area (TPSA) is 48.1 Å². The van der Waals surface area contributed by atoms with E-state index in [9.17, 15) is 0 Å². The molecule has 0 saturated carbocycles. The Morgan fingerprint density at radius 2 is 2.27 bits per heavy atom. The molecule has 0 unspecified atom stereocenters. The van der Waals surface area contributed by atoms with Gasteiger partial charge in [-0.05, 0) is 18.1 Å². The van der Waals surface area contributed by atoms with Gasteiger partial charge in [0.1, 0.15) is 0 Å². The number of nitrogens with two attached hydrogens (primary N) is 1. The van der Waals surface area contributed by atoms with Crippen LogP contribution >= 0.6 is 24.8 Å². The molecule has 1 aliphatic heterocycles. The number of aryl methyl sites for hydroxylation is 1. The average Bonchev–Trinajstić information content (AvgIpc) is 2.18. The fourth-order valence-corrected chi connectivity index (χ4v) is 1.53. The van der Waals surface area contributed by atoms with Crippen LogP contribution in [0.5, 0.6) is 5.88 Å². The Morgan fingerprint density at radius 3 is 2.93 bits per heavy atom. The van der Waals surface area contributed by atoms with Gasteiger partial charge < -0.3 is 10.5 Å². The second-order valence-electron chi connectivity index (χ2n) is 3.34. The number of rotatable bonds is 1. The van der Waals surface area contributed by atoms with Gasteiger partial charge in [0.2, 0.25) is 5.88 Å². The maximum absolute atomic E-state index is 5.95. The summed E-state index contributed by atoms with van der Waals surface area (Å²) >= 11 is 0. The van der Waals surface area contributed by atoms with E-state index in [1.54, 1.807) is 0 Å². The molecule has 0 saturated heterocycles. The van der Waals surface area contributed by atoms with Crippen molar-refractivity contribution in [3.05, 3.63) is 23.4 Å². The van der Waals surface area contributed by atoms with Crippen molar-refractivity contribution in [3.8, 4) is 5.88 Å². The van der Waals surface area contributed by atoms with Crippen molar-refractivity contribution in [2.45, 2.75) is 25.8 Å². The van der Waals surface area contributed by atoms with E-state index >= 15 is 0 Å². The van der Waals surface area contributed by atoms with Crippen molar-refractivity contribution in [3.63, 3.8) is 0 Å². The number of ether oxygens (including phenoxy) is 1. The molecular weight excluding hydrogens is 235 g/mol. The smallest absolute Gasteiger partial charge is 0.218 e. The second kappa shape index (κ2) is 6.16. The number of hydrogen-bond acceptors (Lipinski definition) is 3. The molecule has 5 heteroatoms. The molecule has 0 bridgehead atoms. The predicted molar refractivity (Wildman–Crippen MR) is 65.2 cm³/mol. The number of aromatic nitrogens is 1. The van der Waals surface area contributed by atoms with Crippen LogP contribution in [0.15, 0.2) is 12.3 Å². The van der Waals surface area contributed by atoms with Crippen LogP contribution < -0.4 is 10.5 Å². The van der Waals surface area contributed by atoms with E-state index in [0.29, 0.717) is 6.61 Å². The zero-order valence-electron chi connectivity index (χ0n) is 8.60. The van der Waals surface area contributed by atoms with E-state index in [2.05, 4.69) is 18.0 Å². The maximum Gasteiger partial charge on any atom is 0.218 e. The lowest BCUT2D eigenvalue weighted by Crippen LogP contribution is -2.21. The van der Waals surface area contributed by atoms with Gasteiger partial charge in [0.15, 0.2) is 0 Å². The molecule has 1 atom stereocenters. The highest BCUT2D eigenvalue weighted by Gasteiger charge is 2.18. The summed E-state index contributed by atoms with van der Waals surface area (Å²) in [5, 5.41) is 0. The van der Waals surface area contributed by atoms with Crippen LogP contribution in [-0.2, 0) is 6.42 Å². The lowest BCUT2D eigenvalue weighted by atomic mass is 10.0. The molecule has 0 spiro atoms. The standard InChI is InChI=1S/C10H14N2O.2ClH/c1-2-7-5-8-9(11)3-4-13-10(8)12-6-7;;/h5-6,9H,2-4,11H2,1H3;2*1H/t9-;;/m0../s1. The molecule has 1 aromatic heterocycles. The minimum atomic E-state index is 0. The van der Waals surface area contributed by atoms with E-state index in [1.807, 2.05) is 6.20 Å². The summed E-state index contributed by atoms with van der Waals surface area (Å²) in [7, 11) is 0. The van der Waals surface area contributed by atoms with Crippen molar-refractivity contribution in [1.82, 2.24) is 4.98 Å². The second-order valence-corrected chi connectivity index (χ2v) is 3.34. The normalized spacial score (nSPS) is 17.9. The van der Waals surface area contributed by atoms with E-state index in [1.165, 1.54) is 5.56 Å². The lowest BCUT2D eigenvalue weighted by Gasteiger charge is -2.22. The van der Waals surface area contributed by atoms with Gasteiger partial charge in [-0.15, -0.1) is 24.8 Å². The first-order chi connectivity index (χ1) is 6.31. The van der Waals surface area contributed by atoms with Crippen molar-refractivity contribution in [2.24, 2.45) is 5.73 Å². The summed E-state index contributed by atoms with van der Waals surface area (Å²) in [5.41, 5.74) is 8.23. The maximum atomic E-state index is 5.95.